The Balaban J connectivity index is 2.30. The summed E-state index contributed by atoms with van der Waals surface area (Å²) in [6.45, 7) is 6.92. The molecule has 1 rings (SSSR count). The summed E-state index contributed by atoms with van der Waals surface area (Å²) in [7, 11) is 1.67. The molecule has 0 aromatic rings. The monoisotopic (exact) mass is 229 g/mol. The molecular formula is C12H23NO3. The summed E-state index contributed by atoms with van der Waals surface area (Å²) < 4.78 is 10.6. The van der Waals surface area contributed by atoms with Gasteiger partial charge in [0, 0.05) is 20.1 Å². The van der Waals surface area contributed by atoms with Crippen LogP contribution in [0.25, 0.3) is 0 Å². The van der Waals surface area contributed by atoms with E-state index in [1.54, 1.807) is 7.11 Å². The van der Waals surface area contributed by atoms with Crippen molar-refractivity contribution in [1.29, 1.82) is 0 Å². The van der Waals surface area contributed by atoms with Crippen molar-refractivity contribution in [3.05, 3.63) is 0 Å². The summed E-state index contributed by atoms with van der Waals surface area (Å²) in [5, 5.41) is 3.12. The van der Waals surface area contributed by atoms with Gasteiger partial charge in [-0.3, -0.25) is 4.79 Å². The van der Waals surface area contributed by atoms with Crippen molar-refractivity contribution in [2.24, 2.45) is 5.92 Å². The molecule has 16 heavy (non-hydrogen) atoms. The molecule has 4 nitrogen and oxygen atoms in total. The van der Waals surface area contributed by atoms with Crippen molar-refractivity contribution in [3.8, 4) is 0 Å². The van der Waals surface area contributed by atoms with Gasteiger partial charge in [0.1, 0.15) is 6.04 Å². The van der Waals surface area contributed by atoms with Gasteiger partial charge < -0.3 is 14.8 Å². The van der Waals surface area contributed by atoms with Crippen molar-refractivity contribution in [1.82, 2.24) is 5.32 Å². The van der Waals surface area contributed by atoms with Gasteiger partial charge in [-0.05, 0) is 19.3 Å². The highest BCUT2D eigenvalue weighted by molar-refractivity contribution is 5.76. The minimum Gasteiger partial charge on any atom is -0.461 e. The van der Waals surface area contributed by atoms with Crippen LogP contribution in [0.4, 0.5) is 0 Å². The Morgan fingerprint density at radius 1 is 1.44 bits per heavy atom. The second-order valence-corrected chi connectivity index (χ2v) is 4.93. The number of carbonyl (C=O) groups excluding carboxylic acids is 1. The van der Waals surface area contributed by atoms with Crippen LogP contribution in [-0.2, 0) is 14.3 Å². The van der Waals surface area contributed by atoms with Gasteiger partial charge in [-0.1, -0.05) is 13.8 Å². The molecule has 1 saturated heterocycles. The molecular weight excluding hydrogens is 206 g/mol. The molecule has 0 aromatic heterocycles. The van der Waals surface area contributed by atoms with Crippen LogP contribution in [0.15, 0.2) is 0 Å². The maximum absolute atomic E-state index is 11.8. The average molecular weight is 229 g/mol. The predicted octanol–water partition coefficient (Wildman–Crippen LogP) is 1.34. The van der Waals surface area contributed by atoms with Crippen LogP contribution in [0.2, 0.25) is 0 Å². The molecule has 1 N–H and O–H groups in total. The highest BCUT2D eigenvalue weighted by Gasteiger charge is 2.31. The zero-order valence-corrected chi connectivity index (χ0v) is 10.7. The molecule has 94 valence electrons. The summed E-state index contributed by atoms with van der Waals surface area (Å²) in [6.07, 6.45) is 1.75. The van der Waals surface area contributed by atoms with Crippen molar-refractivity contribution in [2.45, 2.75) is 51.9 Å². The molecule has 0 radical (unpaired) electrons. The van der Waals surface area contributed by atoms with Gasteiger partial charge in [-0.2, -0.15) is 0 Å². The van der Waals surface area contributed by atoms with Crippen LogP contribution in [-0.4, -0.2) is 37.9 Å². The van der Waals surface area contributed by atoms with Crippen molar-refractivity contribution in [3.63, 3.8) is 0 Å². The minimum absolute atomic E-state index is 0.00380. The predicted molar refractivity (Wildman–Crippen MR) is 62.2 cm³/mol. The average Bonchev–Trinajstić information content (AvgIpc) is 2.64. The molecule has 0 aromatic carbocycles. The third kappa shape index (κ3) is 4.10. The number of esters is 1. The zero-order chi connectivity index (χ0) is 12.1. The van der Waals surface area contributed by atoms with E-state index in [1.165, 1.54) is 0 Å². The Kier molecular flexibility index (Phi) is 5.22. The van der Waals surface area contributed by atoms with Gasteiger partial charge in [0.15, 0.2) is 0 Å². The lowest BCUT2D eigenvalue weighted by atomic mass is 10.1. The molecule has 3 atom stereocenters. The Labute approximate surface area is 97.7 Å². The first-order chi connectivity index (χ1) is 7.52. The molecule has 3 unspecified atom stereocenters. The Morgan fingerprint density at radius 2 is 2.12 bits per heavy atom. The number of nitrogens with one attached hydrogen (secondary N) is 1. The van der Waals surface area contributed by atoms with E-state index in [0.717, 1.165) is 13.0 Å². The maximum atomic E-state index is 11.8. The lowest BCUT2D eigenvalue weighted by Crippen LogP contribution is -2.34. The smallest absolute Gasteiger partial charge is 0.323 e. The van der Waals surface area contributed by atoms with E-state index in [9.17, 15) is 4.79 Å². The van der Waals surface area contributed by atoms with E-state index >= 15 is 0 Å². The fraction of sp³-hybridized carbons (Fsp3) is 0.917. The Hall–Kier alpha value is -0.610. The molecule has 1 heterocycles. The first-order valence-corrected chi connectivity index (χ1v) is 5.99. The quantitative estimate of drug-likeness (QED) is 0.723. The Morgan fingerprint density at radius 3 is 2.62 bits per heavy atom. The summed E-state index contributed by atoms with van der Waals surface area (Å²) >= 11 is 0. The number of hydrogen-bond donors (Lipinski definition) is 1. The van der Waals surface area contributed by atoms with E-state index < -0.39 is 0 Å². The summed E-state index contributed by atoms with van der Waals surface area (Å²) in [5.74, 6) is 0.402. The number of hydrogen-bond acceptors (Lipinski definition) is 4. The molecule has 0 saturated carbocycles. The van der Waals surface area contributed by atoms with Gasteiger partial charge in [-0.25, -0.2) is 0 Å². The molecule has 1 aliphatic rings. The minimum atomic E-state index is -0.195. The number of ether oxygens (including phenoxy) is 2. The number of carbonyl (C=O) groups is 1. The van der Waals surface area contributed by atoms with E-state index in [-0.39, 0.29) is 24.2 Å². The van der Waals surface area contributed by atoms with Crippen LogP contribution in [0.1, 0.15) is 33.6 Å². The fourth-order valence-corrected chi connectivity index (χ4v) is 2.05. The SMILES string of the molecule is COC1CNC(C(=O)OC(C)CC(C)C)C1. The number of rotatable bonds is 5. The molecule has 0 amide bonds. The maximum Gasteiger partial charge on any atom is 0.323 e. The van der Waals surface area contributed by atoms with Gasteiger partial charge >= 0.3 is 5.97 Å². The third-order valence-electron chi connectivity index (χ3n) is 2.83. The van der Waals surface area contributed by atoms with E-state index in [0.29, 0.717) is 12.3 Å². The largest absolute Gasteiger partial charge is 0.461 e. The molecule has 1 fully saturated rings. The van der Waals surface area contributed by atoms with Crippen LogP contribution >= 0.6 is 0 Å². The van der Waals surface area contributed by atoms with Gasteiger partial charge in [0.05, 0.1) is 12.2 Å². The normalized spacial score (nSPS) is 27.1. The van der Waals surface area contributed by atoms with Crippen LogP contribution in [0.3, 0.4) is 0 Å². The number of methoxy groups -OCH3 is 1. The van der Waals surface area contributed by atoms with Crippen molar-refractivity contribution < 1.29 is 14.3 Å². The van der Waals surface area contributed by atoms with Gasteiger partial charge in [0.25, 0.3) is 0 Å². The standard InChI is InChI=1S/C12H23NO3/c1-8(2)5-9(3)16-12(14)11-6-10(15-4)7-13-11/h8-11,13H,5-7H2,1-4H3. The molecule has 0 spiro atoms. The van der Waals surface area contributed by atoms with Crippen LogP contribution < -0.4 is 5.32 Å². The third-order valence-corrected chi connectivity index (χ3v) is 2.83. The topological polar surface area (TPSA) is 47.6 Å². The summed E-state index contributed by atoms with van der Waals surface area (Å²) in [4.78, 5) is 11.8. The van der Waals surface area contributed by atoms with Crippen molar-refractivity contribution in [2.75, 3.05) is 13.7 Å². The van der Waals surface area contributed by atoms with Crippen LogP contribution in [0, 0.1) is 5.92 Å². The van der Waals surface area contributed by atoms with E-state index in [1.807, 2.05) is 6.92 Å². The second kappa shape index (κ2) is 6.21. The lowest BCUT2D eigenvalue weighted by Gasteiger charge is -2.17. The fourth-order valence-electron chi connectivity index (χ4n) is 2.05. The molecule has 1 aliphatic heterocycles. The first kappa shape index (κ1) is 13.5. The molecule has 4 heteroatoms. The van der Waals surface area contributed by atoms with Gasteiger partial charge in [0.2, 0.25) is 0 Å². The van der Waals surface area contributed by atoms with Gasteiger partial charge in [-0.15, -0.1) is 0 Å². The Bertz CT molecular complexity index is 230. The van der Waals surface area contributed by atoms with E-state index in [2.05, 4.69) is 19.2 Å². The van der Waals surface area contributed by atoms with E-state index in [4.69, 9.17) is 9.47 Å². The molecule has 0 bridgehead atoms. The second-order valence-electron chi connectivity index (χ2n) is 4.93. The first-order valence-electron chi connectivity index (χ1n) is 5.99. The lowest BCUT2D eigenvalue weighted by molar-refractivity contribution is -0.151. The molecule has 0 aliphatic carbocycles. The zero-order valence-electron chi connectivity index (χ0n) is 10.7. The van der Waals surface area contributed by atoms with Crippen molar-refractivity contribution >= 4 is 5.97 Å². The van der Waals surface area contributed by atoms with Crippen LogP contribution in [0.5, 0.6) is 0 Å². The highest BCUT2D eigenvalue weighted by Crippen LogP contribution is 2.14. The summed E-state index contributed by atoms with van der Waals surface area (Å²) in [6, 6.07) is -0.195. The summed E-state index contributed by atoms with van der Waals surface area (Å²) in [5.41, 5.74) is 0. The highest BCUT2D eigenvalue weighted by atomic mass is 16.5.